The molecule has 2 amide bonds. The summed E-state index contributed by atoms with van der Waals surface area (Å²) in [6.07, 6.45) is 11.6. The molecule has 7 heteroatoms. The van der Waals surface area contributed by atoms with Crippen molar-refractivity contribution in [2.75, 3.05) is 0 Å². The fraction of sp³-hybridized carbons (Fsp3) is 0.757. The summed E-state index contributed by atoms with van der Waals surface area (Å²) in [4.78, 5) is 50.2. The Balaban J connectivity index is 2.00. The number of allylic oxidation sites excluding steroid dienone is 4. The first kappa shape index (κ1) is 35.7. The zero-order chi connectivity index (χ0) is 33.5. The summed E-state index contributed by atoms with van der Waals surface area (Å²) >= 11 is 0. The van der Waals surface area contributed by atoms with Crippen LogP contribution in [0.2, 0.25) is 0 Å². The number of hydrogen-bond donors (Lipinski definition) is 2. The first-order valence-corrected chi connectivity index (χ1v) is 16.5. The maximum Gasteiger partial charge on any atom is 0.238 e. The molecule has 0 saturated heterocycles. The van der Waals surface area contributed by atoms with E-state index >= 15 is 0 Å². The van der Waals surface area contributed by atoms with Crippen LogP contribution in [0.4, 0.5) is 0 Å². The van der Waals surface area contributed by atoms with Crippen molar-refractivity contribution < 1.29 is 19.2 Å². The lowest BCUT2D eigenvalue weighted by molar-refractivity contribution is -0.131. The molecular formula is C37H57N3O4. The maximum atomic E-state index is 13.3. The first-order valence-electron chi connectivity index (χ1n) is 16.5. The summed E-state index contributed by atoms with van der Waals surface area (Å²) in [5.74, 6) is -0.175. The number of amides is 2. The molecule has 0 aromatic rings. The second-order valence-corrected chi connectivity index (χ2v) is 16.8. The van der Waals surface area contributed by atoms with Crippen LogP contribution in [0.25, 0.3) is 0 Å². The Hall–Kier alpha value is -2.75. The van der Waals surface area contributed by atoms with Crippen LogP contribution in [0.3, 0.4) is 0 Å². The number of ketones is 2. The minimum atomic E-state index is -0.706. The van der Waals surface area contributed by atoms with Crippen molar-refractivity contribution in [3.8, 4) is 6.07 Å². The Morgan fingerprint density at radius 3 is 2.20 bits per heavy atom. The molecule has 0 aromatic heterocycles. The molecule has 7 nitrogen and oxygen atoms in total. The van der Waals surface area contributed by atoms with Gasteiger partial charge in [-0.3, -0.25) is 30.0 Å². The number of rotatable bonds is 8. The van der Waals surface area contributed by atoms with E-state index in [-0.39, 0.29) is 56.5 Å². The molecule has 2 fully saturated rings. The van der Waals surface area contributed by atoms with Crippen molar-refractivity contribution in [3.63, 3.8) is 0 Å². The van der Waals surface area contributed by atoms with E-state index in [0.29, 0.717) is 12.3 Å². The van der Waals surface area contributed by atoms with Gasteiger partial charge in [0.1, 0.15) is 6.07 Å². The lowest BCUT2D eigenvalue weighted by Crippen LogP contribution is -2.56. The Kier molecular flexibility index (Phi) is 9.92. The van der Waals surface area contributed by atoms with Gasteiger partial charge in [-0.1, -0.05) is 74.0 Å². The van der Waals surface area contributed by atoms with E-state index in [4.69, 9.17) is 0 Å². The van der Waals surface area contributed by atoms with Crippen LogP contribution < -0.4 is 10.9 Å². The summed E-state index contributed by atoms with van der Waals surface area (Å²) in [5.41, 5.74) is 4.56. The van der Waals surface area contributed by atoms with Gasteiger partial charge in [-0.15, -0.1) is 0 Å². The Morgan fingerprint density at radius 1 is 1.02 bits per heavy atom. The quantitative estimate of drug-likeness (QED) is 0.218. The van der Waals surface area contributed by atoms with Crippen LogP contribution >= 0.6 is 0 Å². The third-order valence-corrected chi connectivity index (χ3v) is 12.6. The largest absolute Gasteiger partial charge is 0.295 e. The van der Waals surface area contributed by atoms with Gasteiger partial charge in [0.25, 0.3) is 0 Å². The predicted octanol–water partition coefficient (Wildman–Crippen LogP) is 7.57. The highest BCUT2D eigenvalue weighted by molar-refractivity contribution is 6.04. The molecule has 3 rings (SSSR count). The molecule has 0 bridgehead atoms. The highest BCUT2D eigenvalue weighted by Crippen LogP contribution is 2.67. The van der Waals surface area contributed by atoms with Gasteiger partial charge in [-0.25, -0.2) is 0 Å². The van der Waals surface area contributed by atoms with Crippen molar-refractivity contribution in [1.82, 2.24) is 10.9 Å². The van der Waals surface area contributed by atoms with Crippen molar-refractivity contribution in [1.29, 1.82) is 5.26 Å². The summed E-state index contributed by atoms with van der Waals surface area (Å²) in [6, 6.07) is 2.17. The molecule has 0 spiro atoms. The van der Waals surface area contributed by atoms with Crippen molar-refractivity contribution in [3.05, 3.63) is 23.3 Å². The maximum absolute atomic E-state index is 13.3. The fourth-order valence-electron chi connectivity index (χ4n) is 9.38. The number of Topliss-reactive ketones (excluding diaryl/α,β-unsaturated/α-hetero) is 1. The van der Waals surface area contributed by atoms with E-state index < -0.39 is 10.8 Å². The van der Waals surface area contributed by atoms with Gasteiger partial charge < -0.3 is 0 Å². The lowest BCUT2D eigenvalue weighted by Gasteiger charge is -2.61. The van der Waals surface area contributed by atoms with Crippen molar-refractivity contribution in [2.45, 2.75) is 134 Å². The molecule has 3 aliphatic carbocycles. The van der Waals surface area contributed by atoms with E-state index in [2.05, 4.69) is 65.4 Å². The zero-order valence-corrected chi connectivity index (χ0v) is 29.3. The molecule has 244 valence electrons. The standard InChI is InChI=1S/C37H57N3O4/c1-24-21-32(4,5)16-18-37(24,15-13-30(43)40-39-26(3)42)19-17-33(6,7)36(11)14-12-28-34(8,9)31(44)27(23-38)22-35(28,10)29(36)20-25(2)41/h20,22,24,28H,12-19,21H2,1-11H3,(H,39,42)(H,40,43)/b29-20-/t24?,28-,35-,36+,37+/m0/s1. The van der Waals surface area contributed by atoms with Gasteiger partial charge in [-0.05, 0) is 97.9 Å². The average molecular weight is 608 g/mol. The molecule has 1 unspecified atom stereocenters. The van der Waals surface area contributed by atoms with Crippen LogP contribution in [0.5, 0.6) is 0 Å². The van der Waals surface area contributed by atoms with Crippen LogP contribution in [-0.2, 0) is 19.2 Å². The average Bonchev–Trinajstić information content (AvgIpc) is 2.90. The van der Waals surface area contributed by atoms with Crippen LogP contribution in [0.15, 0.2) is 23.3 Å². The van der Waals surface area contributed by atoms with Crippen LogP contribution in [0.1, 0.15) is 134 Å². The molecule has 0 aromatic carbocycles. The molecule has 3 aliphatic rings. The van der Waals surface area contributed by atoms with Crippen molar-refractivity contribution >= 4 is 23.4 Å². The Morgan fingerprint density at radius 2 is 1.66 bits per heavy atom. The number of carbonyl (C=O) groups excluding carboxylic acids is 4. The number of nitriles is 1. The Labute approximate surface area is 266 Å². The second-order valence-electron chi connectivity index (χ2n) is 16.8. The number of carbonyl (C=O) groups is 4. The molecule has 0 heterocycles. The lowest BCUT2D eigenvalue weighted by atomic mass is 9.42. The number of hydrazine groups is 1. The molecule has 44 heavy (non-hydrogen) atoms. The minimum absolute atomic E-state index is 0.0110. The normalized spacial score (nSPS) is 33.9. The topological polar surface area (TPSA) is 116 Å². The number of fused-ring (bicyclic) bond motifs is 1. The summed E-state index contributed by atoms with van der Waals surface area (Å²) in [7, 11) is 0. The van der Waals surface area contributed by atoms with Gasteiger partial charge in [0, 0.05) is 24.2 Å². The van der Waals surface area contributed by atoms with E-state index in [1.54, 1.807) is 13.0 Å². The summed E-state index contributed by atoms with van der Waals surface area (Å²) in [6.45, 7) is 22.9. The highest BCUT2D eigenvalue weighted by atomic mass is 16.2. The van der Waals surface area contributed by atoms with Gasteiger partial charge in [-0.2, -0.15) is 5.26 Å². The number of nitrogens with one attached hydrogen (secondary N) is 2. The van der Waals surface area contributed by atoms with E-state index in [9.17, 15) is 24.4 Å². The summed E-state index contributed by atoms with van der Waals surface area (Å²) in [5, 5.41) is 9.95. The zero-order valence-electron chi connectivity index (χ0n) is 29.3. The second kappa shape index (κ2) is 12.2. The third-order valence-electron chi connectivity index (χ3n) is 12.6. The number of hydrogen-bond acceptors (Lipinski definition) is 5. The van der Waals surface area contributed by atoms with E-state index in [1.807, 2.05) is 19.9 Å². The smallest absolute Gasteiger partial charge is 0.238 e. The molecule has 0 radical (unpaired) electrons. The molecule has 2 saturated carbocycles. The summed E-state index contributed by atoms with van der Waals surface area (Å²) < 4.78 is 0. The van der Waals surface area contributed by atoms with E-state index in [1.165, 1.54) is 6.92 Å². The van der Waals surface area contributed by atoms with Gasteiger partial charge in [0.2, 0.25) is 11.8 Å². The highest BCUT2D eigenvalue weighted by Gasteiger charge is 2.61. The van der Waals surface area contributed by atoms with Crippen molar-refractivity contribution in [2.24, 2.45) is 44.3 Å². The number of nitrogens with zero attached hydrogens (tertiary/aromatic N) is 1. The molecule has 0 aliphatic heterocycles. The Bertz CT molecular complexity index is 1300. The molecule has 2 N–H and O–H groups in total. The fourth-order valence-corrected chi connectivity index (χ4v) is 9.38. The van der Waals surface area contributed by atoms with Crippen LogP contribution in [0, 0.1) is 55.7 Å². The van der Waals surface area contributed by atoms with E-state index in [0.717, 1.165) is 56.9 Å². The molecule has 5 atom stereocenters. The molecular weight excluding hydrogens is 550 g/mol. The minimum Gasteiger partial charge on any atom is -0.295 e. The van der Waals surface area contributed by atoms with Gasteiger partial charge >= 0.3 is 0 Å². The third kappa shape index (κ3) is 6.60. The SMILES string of the molecule is CC(=O)/C=C1/[C@@]2(C)C=C(C#N)C(=O)C(C)(C)[C@@H]2CC[C@@]1(C)C(C)(C)CC[C@@]1(CCC(=O)NNC(C)=O)CCC(C)(C)CC1C. The van der Waals surface area contributed by atoms with Gasteiger partial charge in [0.15, 0.2) is 11.6 Å². The first-order chi connectivity index (χ1) is 20.1. The van der Waals surface area contributed by atoms with Gasteiger partial charge in [0.05, 0.1) is 5.57 Å². The predicted molar refractivity (Wildman–Crippen MR) is 174 cm³/mol. The monoisotopic (exact) mass is 607 g/mol. The van der Waals surface area contributed by atoms with Crippen LogP contribution in [-0.4, -0.2) is 23.4 Å².